The average Bonchev–Trinajstić information content (AvgIpc) is 2.36. The molecule has 0 aliphatic carbocycles. The first-order chi connectivity index (χ1) is 8.69. The molecule has 1 aromatic rings. The van der Waals surface area contributed by atoms with Crippen LogP contribution in [0.4, 0.5) is 0 Å². The second kappa shape index (κ2) is 7.79. The fourth-order valence-corrected chi connectivity index (χ4v) is 1.88. The zero-order valence-corrected chi connectivity index (χ0v) is 11.6. The lowest BCUT2D eigenvalue weighted by Gasteiger charge is -2.15. The number of aryl methyl sites for hydroxylation is 1. The molecule has 98 valence electrons. The Hall–Kier alpha value is -1.46. The predicted octanol–water partition coefficient (Wildman–Crippen LogP) is 3.46. The topological polar surface area (TPSA) is 21.3 Å². The fraction of sp³-hybridized carbons (Fsp3) is 0.500. The highest BCUT2D eigenvalue weighted by atomic mass is 16.5. The van der Waals surface area contributed by atoms with Crippen LogP contribution >= 0.6 is 0 Å². The SMILES string of the molecule is C#CCCCOc1ccc(C(C)NCC)cc1C. The third-order valence-corrected chi connectivity index (χ3v) is 2.93. The molecule has 0 saturated heterocycles. The molecule has 2 heteroatoms. The van der Waals surface area contributed by atoms with Crippen molar-refractivity contribution in [3.8, 4) is 18.1 Å². The van der Waals surface area contributed by atoms with Gasteiger partial charge in [-0.1, -0.05) is 19.1 Å². The molecule has 0 saturated carbocycles. The lowest BCUT2D eigenvalue weighted by atomic mass is 10.1. The van der Waals surface area contributed by atoms with Gasteiger partial charge < -0.3 is 10.1 Å². The van der Waals surface area contributed by atoms with Crippen LogP contribution in [-0.4, -0.2) is 13.2 Å². The number of unbranched alkanes of at least 4 members (excludes halogenated alkanes) is 1. The van der Waals surface area contributed by atoms with E-state index in [2.05, 4.69) is 44.1 Å². The third-order valence-electron chi connectivity index (χ3n) is 2.93. The maximum atomic E-state index is 5.72. The Balaban J connectivity index is 2.59. The van der Waals surface area contributed by atoms with Gasteiger partial charge in [0.2, 0.25) is 0 Å². The van der Waals surface area contributed by atoms with Crippen molar-refractivity contribution < 1.29 is 4.74 Å². The molecule has 18 heavy (non-hydrogen) atoms. The minimum absolute atomic E-state index is 0.379. The van der Waals surface area contributed by atoms with Crippen LogP contribution in [0.1, 0.15) is 43.9 Å². The normalized spacial score (nSPS) is 11.9. The Kier molecular flexibility index (Phi) is 6.32. The van der Waals surface area contributed by atoms with E-state index in [-0.39, 0.29) is 0 Å². The Morgan fingerprint density at radius 3 is 2.83 bits per heavy atom. The number of hydrogen-bond acceptors (Lipinski definition) is 2. The van der Waals surface area contributed by atoms with Crippen molar-refractivity contribution in [3.05, 3.63) is 29.3 Å². The van der Waals surface area contributed by atoms with Gasteiger partial charge in [0, 0.05) is 12.5 Å². The molecule has 0 amide bonds. The quantitative estimate of drug-likeness (QED) is 0.587. The van der Waals surface area contributed by atoms with E-state index < -0.39 is 0 Å². The van der Waals surface area contributed by atoms with E-state index in [1.165, 1.54) is 11.1 Å². The molecular formula is C16H23NO. The van der Waals surface area contributed by atoms with Crippen LogP contribution in [0.3, 0.4) is 0 Å². The summed E-state index contributed by atoms with van der Waals surface area (Å²) in [5, 5.41) is 3.41. The summed E-state index contributed by atoms with van der Waals surface area (Å²) in [5.41, 5.74) is 2.48. The Bertz CT molecular complexity index is 406. The number of nitrogens with one attached hydrogen (secondary N) is 1. The first-order valence-electron chi connectivity index (χ1n) is 6.59. The summed E-state index contributed by atoms with van der Waals surface area (Å²) in [4.78, 5) is 0. The second-order valence-corrected chi connectivity index (χ2v) is 4.46. The summed E-state index contributed by atoms with van der Waals surface area (Å²) in [6.45, 7) is 8.04. The first kappa shape index (κ1) is 14.6. The molecule has 0 radical (unpaired) electrons. The van der Waals surface area contributed by atoms with Gasteiger partial charge in [-0.3, -0.25) is 0 Å². The molecule has 1 atom stereocenters. The van der Waals surface area contributed by atoms with Crippen LogP contribution in [-0.2, 0) is 0 Å². The highest BCUT2D eigenvalue weighted by molar-refractivity contribution is 5.37. The smallest absolute Gasteiger partial charge is 0.122 e. The van der Waals surface area contributed by atoms with Crippen molar-refractivity contribution >= 4 is 0 Å². The van der Waals surface area contributed by atoms with Crippen molar-refractivity contribution in [1.82, 2.24) is 5.32 Å². The molecule has 0 spiro atoms. The Labute approximate surface area is 111 Å². The first-order valence-corrected chi connectivity index (χ1v) is 6.59. The summed E-state index contributed by atoms with van der Waals surface area (Å²) >= 11 is 0. The minimum atomic E-state index is 0.379. The second-order valence-electron chi connectivity index (χ2n) is 4.46. The monoisotopic (exact) mass is 245 g/mol. The van der Waals surface area contributed by atoms with Crippen molar-refractivity contribution in [2.24, 2.45) is 0 Å². The predicted molar refractivity (Wildman–Crippen MR) is 76.8 cm³/mol. The standard InChI is InChI=1S/C16H23NO/c1-5-7-8-11-18-16-10-9-15(12-13(16)3)14(4)17-6-2/h1,9-10,12,14,17H,6-8,11H2,2-4H3. The molecule has 0 aromatic heterocycles. The van der Waals surface area contributed by atoms with Crippen molar-refractivity contribution in [2.45, 2.75) is 39.7 Å². The number of terminal acetylenes is 1. The Morgan fingerprint density at radius 1 is 1.44 bits per heavy atom. The van der Waals surface area contributed by atoms with E-state index in [4.69, 9.17) is 11.2 Å². The lowest BCUT2D eigenvalue weighted by Crippen LogP contribution is -2.17. The van der Waals surface area contributed by atoms with Gasteiger partial charge in [-0.15, -0.1) is 12.3 Å². The number of hydrogen-bond donors (Lipinski definition) is 1. The van der Waals surface area contributed by atoms with E-state index in [0.29, 0.717) is 12.6 Å². The van der Waals surface area contributed by atoms with Gasteiger partial charge in [0.05, 0.1) is 6.61 Å². The Morgan fingerprint density at radius 2 is 2.22 bits per heavy atom. The van der Waals surface area contributed by atoms with Gasteiger partial charge in [0.1, 0.15) is 5.75 Å². The van der Waals surface area contributed by atoms with Crippen LogP contribution in [0.25, 0.3) is 0 Å². The summed E-state index contributed by atoms with van der Waals surface area (Å²) in [7, 11) is 0. The lowest BCUT2D eigenvalue weighted by molar-refractivity contribution is 0.310. The van der Waals surface area contributed by atoms with Gasteiger partial charge in [0.15, 0.2) is 0 Å². The molecule has 0 fully saturated rings. The van der Waals surface area contributed by atoms with Gasteiger partial charge in [-0.05, 0) is 44.0 Å². The molecule has 1 N–H and O–H groups in total. The van der Waals surface area contributed by atoms with Gasteiger partial charge in [-0.2, -0.15) is 0 Å². The molecule has 1 unspecified atom stereocenters. The summed E-state index contributed by atoms with van der Waals surface area (Å²) in [5.74, 6) is 3.58. The van der Waals surface area contributed by atoms with E-state index in [9.17, 15) is 0 Å². The zero-order chi connectivity index (χ0) is 13.4. The highest BCUT2D eigenvalue weighted by Gasteiger charge is 2.06. The fourth-order valence-electron chi connectivity index (χ4n) is 1.88. The molecule has 1 rings (SSSR count). The van der Waals surface area contributed by atoms with Crippen LogP contribution in [0.5, 0.6) is 5.75 Å². The van der Waals surface area contributed by atoms with Gasteiger partial charge >= 0.3 is 0 Å². The largest absolute Gasteiger partial charge is 0.493 e. The van der Waals surface area contributed by atoms with Crippen LogP contribution in [0.15, 0.2) is 18.2 Å². The maximum Gasteiger partial charge on any atom is 0.122 e. The zero-order valence-electron chi connectivity index (χ0n) is 11.6. The molecule has 0 bridgehead atoms. The van der Waals surface area contributed by atoms with Crippen LogP contribution in [0, 0.1) is 19.3 Å². The van der Waals surface area contributed by atoms with E-state index in [0.717, 1.165) is 25.1 Å². The summed E-state index contributed by atoms with van der Waals surface area (Å²) in [6, 6.07) is 6.74. The van der Waals surface area contributed by atoms with Gasteiger partial charge in [0.25, 0.3) is 0 Å². The third kappa shape index (κ3) is 4.43. The summed E-state index contributed by atoms with van der Waals surface area (Å²) < 4.78 is 5.72. The molecular weight excluding hydrogens is 222 g/mol. The highest BCUT2D eigenvalue weighted by Crippen LogP contribution is 2.22. The molecule has 0 aliphatic rings. The van der Waals surface area contributed by atoms with Crippen molar-refractivity contribution in [2.75, 3.05) is 13.2 Å². The average molecular weight is 245 g/mol. The van der Waals surface area contributed by atoms with Crippen molar-refractivity contribution in [1.29, 1.82) is 0 Å². The van der Waals surface area contributed by atoms with E-state index in [1.54, 1.807) is 0 Å². The number of ether oxygens (including phenoxy) is 1. The minimum Gasteiger partial charge on any atom is -0.493 e. The molecule has 0 aliphatic heterocycles. The maximum absolute atomic E-state index is 5.72. The van der Waals surface area contributed by atoms with E-state index in [1.807, 2.05) is 6.07 Å². The van der Waals surface area contributed by atoms with Crippen LogP contribution in [0.2, 0.25) is 0 Å². The molecule has 0 heterocycles. The van der Waals surface area contributed by atoms with Gasteiger partial charge in [-0.25, -0.2) is 0 Å². The van der Waals surface area contributed by atoms with Crippen LogP contribution < -0.4 is 10.1 Å². The summed E-state index contributed by atoms with van der Waals surface area (Å²) in [6.07, 6.45) is 6.89. The molecule has 1 aromatic carbocycles. The number of rotatable bonds is 7. The van der Waals surface area contributed by atoms with Crippen molar-refractivity contribution in [3.63, 3.8) is 0 Å². The number of benzene rings is 1. The van der Waals surface area contributed by atoms with E-state index >= 15 is 0 Å². The molecule has 2 nitrogen and oxygen atoms in total.